The van der Waals surface area contributed by atoms with Gasteiger partial charge in [-0.1, -0.05) is 13.3 Å². The quantitative estimate of drug-likeness (QED) is 0.608. The van der Waals surface area contributed by atoms with Gasteiger partial charge in [0.1, 0.15) is 6.04 Å². The maximum Gasteiger partial charge on any atom is 0.326 e. The molecule has 7 nitrogen and oxygen atoms in total. The summed E-state index contributed by atoms with van der Waals surface area (Å²) in [7, 11) is 0. The molecule has 0 aliphatic heterocycles. The predicted octanol–water partition coefficient (Wildman–Crippen LogP) is 0.826. The zero-order valence-electron chi connectivity index (χ0n) is 11.0. The molecule has 0 spiro atoms. The van der Waals surface area contributed by atoms with Crippen molar-refractivity contribution in [2.24, 2.45) is 0 Å². The topological polar surface area (TPSA) is 96.3 Å². The number of hydrogen-bond acceptors (Lipinski definition) is 3. The Morgan fingerprint density at radius 2 is 2.26 bits per heavy atom. The van der Waals surface area contributed by atoms with Gasteiger partial charge in [-0.2, -0.15) is 5.10 Å². The Morgan fingerprint density at radius 1 is 1.47 bits per heavy atom. The normalized spacial score (nSPS) is 11.8. The number of rotatable bonds is 8. The Hall–Kier alpha value is -2.05. The van der Waals surface area contributed by atoms with Crippen LogP contribution >= 0.6 is 0 Å². The first-order valence-corrected chi connectivity index (χ1v) is 6.38. The molecule has 3 N–H and O–H groups in total. The highest BCUT2D eigenvalue weighted by Crippen LogP contribution is 1.96. The van der Waals surface area contributed by atoms with E-state index in [-0.39, 0.29) is 0 Å². The molecule has 0 fully saturated rings. The molecule has 0 aliphatic rings. The van der Waals surface area contributed by atoms with Gasteiger partial charge < -0.3 is 15.7 Å². The standard InChI is InChI=1S/C12H20N4O3/c1-2-5-10(11(17)18)15-12(19)13-6-3-8-16-9-4-7-14-16/h4,7,9-10H,2-3,5-6,8H2,1H3,(H,17,18)(H2,13,15,19). The predicted molar refractivity (Wildman–Crippen MR) is 69.7 cm³/mol. The summed E-state index contributed by atoms with van der Waals surface area (Å²) in [6.07, 6.45) is 5.41. The third kappa shape index (κ3) is 5.89. The van der Waals surface area contributed by atoms with Gasteiger partial charge >= 0.3 is 12.0 Å². The molecule has 1 atom stereocenters. The van der Waals surface area contributed by atoms with Gasteiger partial charge in [-0.15, -0.1) is 0 Å². The van der Waals surface area contributed by atoms with Crippen molar-refractivity contribution in [1.29, 1.82) is 0 Å². The van der Waals surface area contributed by atoms with Gasteiger partial charge in [-0.05, 0) is 18.9 Å². The monoisotopic (exact) mass is 268 g/mol. The van der Waals surface area contributed by atoms with Crippen molar-refractivity contribution in [2.45, 2.75) is 38.8 Å². The Bertz CT molecular complexity index is 392. The van der Waals surface area contributed by atoms with Crippen molar-refractivity contribution >= 4 is 12.0 Å². The van der Waals surface area contributed by atoms with E-state index in [1.54, 1.807) is 10.9 Å². The van der Waals surface area contributed by atoms with Gasteiger partial charge in [0.15, 0.2) is 0 Å². The number of urea groups is 1. The number of carbonyl (C=O) groups excluding carboxylic acids is 1. The fourth-order valence-corrected chi connectivity index (χ4v) is 1.63. The van der Waals surface area contributed by atoms with Crippen LogP contribution in [0.25, 0.3) is 0 Å². The number of hydrogen-bond donors (Lipinski definition) is 3. The maximum absolute atomic E-state index is 11.5. The van der Waals surface area contributed by atoms with Crippen molar-refractivity contribution in [1.82, 2.24) is 20.4 Å². The van der Waals surface area contributed by atoms with Crippen LogP contribution in [-0.2, 0) is 11.3 Å². The van der Waals surface area contributed by atoms with E-state index >= 15 is 0 Å². The molecule has 1 unspecified atom stereocenters. The van der Waals surface area contributed by atoms with Gasteiger partial charge in [0.2, 0.25) is 0 Å². The molecule has 0 saturated heterocycles. The first-order chi connectivity index (χ1) is 9.13. The second-order valence-electron chi connectivity index (χ2n) is 4.20. The number of carbonyl (C=O) groups is 2. The summed E-state index contributed by atoms with van der Waals surface area (Å²) in [5, 5.41) is 18.0. The summed E-state index contributed by atoms with van der Waals surface area (Å²) in [5.74, 6) is -1.01. The van der Waals surface area contributed by atoms with Crippen molar-refractivity contribution < 1.29 is 14.7 Å². The number of nitrogens with one attached hydrogen (secondary N) is 2. The van der Waals surface area contributed by atoms with E-state index in [1.165, 1.54) is 0 Å². The Labute approximate surface area is 112 Å². The highest BCUT2D eigenvalue weighted by molar-refractivity contribution is 5.82. The third-order valence-corrected chi connectivity index (χ3v) is 2.59. The number of amides is 2. The number of aliphatic carboxylic acids is 1. The molecule has 0 bridgehead atoms. The lowest BCUT2D eigenvalue weighted by Gasteiger charge is -2.14. The Kier molecular flexibility index (Phi) is 6.42. The molecule has 0 radical (unpaired) electrons. The van der Waals surface area contributed by atoms with Crippen LogP contribution < -0.4 is 10.6 Å². The van der Waals surface area contributed by atoms with Gasteiger partial charge in [-0.3, -0.25) is 4.68 Å². The number of aryl methyl sites for hydroxylation is 1. The van der Waals surface area contributed by atoms with E-state index in [0.29, 0.717) is 25.9 Å². The molecule has 7 heteroatoms. The molecule has 1 rings (SSSR count). The highest BCUT2D eigenvalue weighted by Gasteiger charge is 2.18. The summed E-state index contributed by atoms with van der Waals surface area (Å²) in [5.41, 5.74) is 0. The molecule has 2 amide bonds. The van der Waals surface area contributed by atoms with Crippen LogP contribution in [0.5, 0.6) is 0 Å². The Morgan fingerprint density at radius 3 is 2.84 bits per heavy atom. The van der Waals surface area contributed by atoms with Crippen molar-refractivity contribution in [3.05, 3.63) is 18.5 Å². The minimum Gasteiger partial charge on any atom is -0.480 e. The molecule has 1 aromatic rings. The summed E-state index contributed by atoms with van der Waals surface area (Å²) in [6, 6.07) is 0.569. The molecule has 0 saturated carbocycles. The van der Waals surface area contributed by atoms with Crippen molar-refractivity contribution in [3.63, 3.8) is 0 Å². The molecule has 1 heterocycles. The number of aromatic nitrogens is 2. The fourth-order valence-electron chi connectivity index (χ4n) is 1.63. The van der Waals surface area contributed by atoms with Crippen molar-refractivity contribution in [3.8, 4) is 0 Å². The highest BCUT2D eigenvalue weighted by atomic mass is 16.4. The molecular formula is C12H20N4O3. The lowest BCUT2D eigenvalue weighted by Crippen LogP contribution is -2.46. The lowest BCUT2D eigenvalue weighted by molar-refractivity contribution is -0.139. The molecular weight excluding hydrogens is 248 g/mol. The van der Waals surface area contributed by atoms with Crippen LogP contribution in [0.3, 0.4) is 0 Å². The zero-order chi connectivity index (χ0) is 14.1. The third-order valence-electron chi connectivity index (χ3n) is 2.59. The van der Waals surface area contributed by atoms with E-state index in [2.05, 4.69) is 15.7 Å². The smallest absolute Gasteiger partial charge is 0.326 e. The van der Waals surface area contributed by atoms with Crippen LogP contribution in [0.2, 0.25) is 0 Å². The second kappa shape index (κ2) is 8.12. The van der Waals surface area contributed by atoms with Crippen LogP contribution in [-0.4, -0.2) is 39.5 Å². The van der Waals surface area contributed by atoms with E-state index in [0.717, 1.165) is 6.42 Å². The molecule has 1 aromatic heterocycles. The van der Waals surface area contributed by atoms with Crippen LogP contribution in [0.15, 0.2) is 18.5 Å². The van der Waals surface area contributed by atoms with Crippen LogP contribution in [0, 0.1) is 0 Å². The summed E-state index contributed by atoms with van der Waals surface area (Å²) < 4.78 is 1.77. The minimum absolute atomic E-state index is 0.427. The van der Waals surface area contributed by atoms with Crippen LogP contribution in [0.4, 0.5) is 4.79 Å². The Balaban J connectivity index is 2.17. The number of carboxylic acid groups (broad SMARTS) is 1. The van der Waals surface area contributed by atoms with E-state index in [9.17, 15) is 9.59 Å². The van der Waals surface area contributed by atoms with Crippen molar-refractivity contribution in [2.75, 3.05) is 6.54 Å². The van der Waals surface area contributed by atoms with Crippen LogP contribution in [0.1, 0.15) is 26.2 Å². The van der Waals surface area contributed by atoms with Gasteiger partial charge in [-0.25, -0.2) is 9.59 Å². The van der Waals surface area contributed by atoms with E-state index in [1.807, 2.05) is 19.2 Å². The first kappa shape index (κ1) is 15.0. The maximum atomic E-state index is 11.5. The molecule has 19 heavy (non-hydrogen) atoms. The van der Waals surface area contributed by atoms with Gasteiger partial charge in [0, 0.05) is 25.5 Å². The summed E-state index contributed by atoms with van der Waals surface area (Å²) in [4.78, 5) is 22.3. The number of nitrogens with zero attached hydrogens (tertiary/aromatic N) is 2. The second-order valence-corrected chi connectivity index (χ2v) is 4.20. The molecule has 106 valence electrons. The lowest BCUT2D eigenvalue weighted by atomic mass is 10.2. The minimum atomic E-state index is -1.01. The average Bonchev–Trinajstić information content (AvgIpc) is 2.87. The van der Waals surface area contributed by atoms with E-state index in [4.69, 9.17) is 5.11 Å². The zero-order valence-corrected chi connectivity index (χ0v) is 11.0. The van der Waals surface area contributed by atoms with E-state index < -0.39 is 18.0 Å². The SMILES string of the molecule is CCCC(NC(=O)NCCCn1cccn1)C(=O)O. The molecule has 0 aliphatic carbocycles. The summed E-state index contributed by atoms with van der Waals surface area (Å²) >= 11 is 0. The average molecular weight is 268 g/mol. The number of carboxylic acids is 1. The van der Waals surface area contributed by atoms with Gasteiger partial charge in [0.25, 0.3) is 0 Å². The molecule has 0 aromatic carbocycles. The fraction of sp³-hybridized carbons (Fsp3) is 0.583. The summed E-state index contributed by atoms with van der Waals surface area (Å²) in [6.45, 7) is 3.06. The largest absolute Gasteiger partial charge is 0.480 e. The first-order valence-electron chi connectivity index (χ1n) is 6.38. The van der Waals surface area contributed by atoms with Gasteiger partial charge in [0.05, 0.1) is 0 Å².